The minimum atomic E-state index is -4.66. The molecule has 0 spiro atoms. The molecule has 1 aromatic rings. The molecular formula is C14H17F4NO2. The van der Waals surface area contributed by atoms with Crippen molar-refractivity contribution in [3.05, 3.63) is 35.1 Å². The fourth-order valence-corrected chi connectivity index (χ4v) is 1.89. The van der Waals surface area contributed by atoms with Crippen LogP contribution in [-0.4, -0.2) is 23.7 Å². The highest BCUT2D eigenvalue weighted by Gasteiger charge is 2.32. The standard InChI is InChI=1S/C14H17F4NO2/c1-8(2)5-10(7-20)19-13(21)11-6-9(14(16,17)18)3-4-12(11)15/h3-4,6,8,10,20H,5,7H2,1-2H3,(H,19,21). The molecule has 0 heterocycles. The topological polar surface area (TPSA) is 49.3 Å². The van der Waals surface area contributed by atoms with Crippen LogP contribution in [0.15, 0.2) is 18.2 Å². The number of carbonyl (C=O) groups is 1. The molecule has 0 aliphatic carbocycles. The lowest BCUT2D eigenvalue weighted by Crippen LogP contribution is -2.38. The minimum absolute atomic E-state index is 0.161. The molecule has 3 nitrogen and oxygen atoms in total. The van der Waals surface area contributed by atoms with E-state index in [0.29, 0.717) is 24.6 Å². The highest BCUT2D eigenvalue weighted by molar-refractivity contribution is 5.94. The zero-order valence-electron chi connectivity index (χ0n) is 11.7. The molecule has 1 rings (SSSR count). The Morgan fingerprint density at radius 1 is 1.33 bits per heavy atom. The van der Waals surface area contributed by atoms with Crippen molar-refractivity contribution in [1.82, 2.24) is 5.32 Å². The Bertz CT molecular complexity index is 500. The molecule has 118 valence electrons. The van der Waals surface area contributed by atoms with Crippen LogP contribution < -0.4 is 5.32 Å². The van der Waals surface area contributed by atoms with Crippen LogP contribution >= 0.6 is 0 Å². The van der Waals surface area contributed by atoms with Crippen LogP contribution in [0.1, 0.15) is 36.2 Å². The van der Waals surface area contributed by atoms with Crippen LogP contribution in [0.25, 0.3) is 0 Å². The molecule has 1 amide bonds. The molecule has 1 aromatic carbocycles. The van der Waals surface area contributed by atoms with E-state index in [2.05, 4.69) is 5.32 Å². The van der Waals surface area contributed by atoms with E-state index in [-0.39, 0.29) is 12.5 Å². The van der Waals surface area contributed by atoms with Gasteiger partial charge in [-0.1, -0.05) is 13.8 Å². The van der Waals surface area contributed by atoms with Gasteiger partial charge in [-0.15, -0.1) is 0 Å². The predicted molar refractivity (Wildman–Crippen MR) is 69.2 cm³/mol. The first-order chi connectivity index (χ1) is 9.65. The SMILES string of the molecule is CC(C)CC(CO)NC(=O)c1cc(C(F)(F)F)ccc1F. The summed E-state index contributed by atoms with van der Waals surface area (Å²) < 4.78 is 51.2. The first-order valence-corrected chi connectivity index (χ1v) is 6.43. The number of nitrogens with one attached hydrogen (secondary N) is 1. The quantitative estimate of drug-likeness (QED) is 0.822. The zero-order valence-corrected chi connectivity index (χ0v) is 11.7. The van der Waals surface area contributed by atoms with Gasteiger partial charge in [0.15, 0.2) is 0 Å². The summed E-state index contributed by atoms with van der Waals surface area (Å²) in [5.41, 5.74) is -1.79. The number of alkyl halides is 3. The van der Waals surface area contributed by atoms with Crippen molar-refractivity contribution in [2.24, 2.45) is 5.92 Å². The molecule has 21 heavy (non-hydrogen) atoms. The van der Waals surface area contributed by atoms with Gasteiger partial charge in [0.05, 0.1) is 23.8 Å². The number of aliphatic hydroxyl groups is 1. The van der Waals surface area contributed by atoms with Gasteiger partial charge in [0.1, 0.15) is 5.82 Å². The Balaban J connectivity index is 2.96. The second kappa shape index (κ2) is 6.89. The molecule has 1 unspecified atom stereocenters. The summed E-state index contributed by atoms with van der Waals surface area (Å²) in [7, 11) is 0. The third kappa shape index (κ3) is 5.00. The summed E-state index contributed by atoms with van der Waals surface area (Å²) in [4.78, 5) is 11.9. The van der Waals surface area contributed by atoms with Gasteiger partial charge in [0, 0.05) is 0 Å². The summed E-state index contributed by atoms with van der Waals surface area (Å²) in [6.07, 6.45) is -4.22. The average Bonchev–Trinajstić information content (AvgIpc) is 2.36. The predicted octanol–water partition coefficient (Wildman–Crippen LogP) is 2.98. The van der Waals surface area contributed by atoms with Gasteiger partial charge in [-0.3, -0.25) is 4.79 Å². The molecule has 0 saturated heterocycles. The highest BCUT2D eigenvalue weighted by atomic mass is 19.4. The molecule has 0 saturated carbocycles. The molecule has 2 N–H and O–H groups in total. The Morgan fingerprint density at radius 2 is 1.95 bits per heavy atom. The van der Waals surface area contributed by atoms with Gasteiger partial charge in [0.2, 0.25) is 0 Å². The van der Waals surface area contributed by atoms with E-state index in [1.807, 2.05) is 13.8 Å². The van der Waals surface area contributed by atoms with Gasteiger partial charge in [0.25, 0.3) is 5.91 Å². The van der Waals surface area contributed by atoms with Crippen molar-refractivity contribution >= 4 is 5.91 Å². The number of aliphatic hydroxyl groups excluding tert-OH is 1. The Morgan fingerprint density at radius 3 is 2.43 bits per heavy atom. The second-order valence-corrected chi connectivity index (χ2v) is 5.17. The van der Waals surface area contributed by atoms with E-state index in [4.69, 9.17) is 5.11 Å². The van der Waals surface area contributed by atoms with Crippen molar-refractivity contribution in [3.63, 3.8) is 0 Å². The van der Waals surface area contributed by atoms with Crippen LogP contribution in [-0.2, 0) is 6.18 Å². The largest absolute Gasteiger partial charge is 0.416 e. The normalized spacial score (nSPS) is 13.3. The Hall–Kier alpha value is -1.63. The summed E-state index contributed by atoms with van der Waals surface area (Å²) in [6.45, 7) is 3.35. The molecule has 0 aromatic heterocycles. The third-order valence-electron chi connectivity index (χ3n) is 2.85. The maximum Gasteiger partial charge on any atom is 0.416 e. The Labute approximate surface area is 120 Å². The van der Waals surface area contributed by atoms with Gasteiger partial charge in [-0.2, -0.15) is 13.2 Å². The van der Waals surface area contributed by atoms with E-state index >= 15 is 0 Å². The summed E-state index contributed by atoms with van der Waals surface area (Å²) in [6, 6.07) is 1.01. The summed E-state index contributed by atoms with van der Waals surface area (Å²) >= 11 is 0. The Kier molecular flexibility index (Phi) is 5.71. The smallest absolute Gasteiger partial charge is 0.394 e. The van der Waals surface area contributed by atoms with Crippen LogP contribution in [0, 0.1) is 11.7 Å². The van der Waals surface area contributed by atoms with Gasteiger partial charge >= 0.3 is 6.18 Å². The van der Waals surface area contributed by atoms with Crippen molar-refractivity contribution < 1.29 is 27.5 Å². The van der Waals surface area contributed by atoms with Gasteiger partial charge in [-0.25, -0.2) is 4.39 Å². The molecule has 1 atom stereocenters. The molecule has 0 bridgehead atoms. The first-order valence-electron chi connectivity index (χ1n) is 6.43. The van der Waals surface area contributed by atoms with Gasteiger partial charge < -0.3 is 10.4 Å². The van der Waals surface area contributed by atoms with Crippen LogP contribution in [0.2, 0.25) is 0 Å². The number of halogens is 4. The summed E-state index contributed by atoms with van der Waals surface area (Å²) in [5.74, 6) is -1.85. The lowest BCUT2D eigenvalue weighted by atomic mass is 10.0. The van der Waals surface area contributed by atoms with E-state index in [9.17, 15) is 22.4 Å². The van der Waals surface area contributed by atoms with Crippen LogP contribution in [0.4, 0.5) is 17.6 Å². The molecule has 0 fully saturated rings. The number of hydrogen-bond acceptors (Lipinski definition) is 2. The lowest BCUT2D eigenvalue weighted by molar-refractivity contribution is -0.137. The van der Waals surface area contributed by atoms with Crippen LogP contribution in [0.5, 0.6) is 0 Å². The van der Waals surface area contributed by atoms with E-state index in [1.54, 1.807) is 0 Å². The molecule has 0 radical (unpaired) electrons. The number of hydrogen-bond donors (Lipinski definition) is 2. The van der Waals surface area contributed by atoms with E-state index < -0.39 is 35.1 Å². The van der Waals surface area contributed by atoms with Crippen LogP contribution in [0.3, 0.4) is 0 Å². The molecular weight excluding hydrogens is 290 g/mol. The third-order valence-corrected chi connectivity index (χ3v) is 2.85. The number of benzene rings is 1. The molecule has 0 aliphatic heterocycles. The molecule has 7 heteroatoms. The first kappa shape index (κ1) is 17.4. The average molecular weight is 307 g/mol. The fraction of sp³-hybridized carbons (Fsp3) is 0.500. The maximum absolute atomic E-state index is 13.5. The zero-order chi connectivity index (χ0) is 16.2. The number of rotatable bonds is 5. The highest BCUT2D eigenvalue weighted by Crippen LogP contribution is 2.30. The second-order valence-electron chi connectivity index (χ2n) is 5.17. The van der Waals surface area contributed by atoms with E-state index in [1.165, 1.54) is 0 Å². The number of amides is 1. The van der Waals surface area contributed by atoms with Crippen molar-refractivity contribution in [2.75, 3.05) is 6.61 Å². The number of carbonyl (C=O) groups excluding carboxylic acids is 1. The van der Waals surface area contributed by atoms with Crippen molar-refractivity contribution in [2.45, 2.75) is 32.5 Å². The van der Waals surface area contributed by atoms with E-state index in [0.717, 1.165) is 0 Å². The van der Waals surface area contributed by atoms with Crippen molar-refractivity contribution in [3.8, 4) is 0 Å². The minimum Gasteiger partial charge on any atom is -0.394 e. The summed E-state index contributed by atoms with van der Waals surface area (Å²) in [5, 5.41) is 11.5. The lowest BCUT2D eigenvalue weighted by Gasteiger charge is -2.18. The fourth-order valence-electron chi connectivity index (χ4n) is 1.89. The van der Waals surface area contributed by atoms with Gasteiger partial charge in [-0.05, 0) is 30.5 Å². The van der Waals surface area contributed by atoms with Crippen molar-refractivity contribution in [1.29, 1.82) is 0 Å². The monoisotopic (exact) mass is 307 g/mol. The maximum atomic E-state index is 13.5. The molecule has 0 aliphatic rings.